The number of nitrogen functional groups attached to an aromatic ring is 1. The van der Waals surface area contributed by atoms with Crippen LogP contribution < -0.4 is 11.1 Å². The number of benzene rings is 1. The van der Waals surface area contributed by atoms with E-state index in [2.05, 4.69) is 20.5 Å². The van der Waals surface area contributed by atoms with E-state index in [1.807, 2.05) is 0 Å². The molecule has 114 valence electrons. The van der Waals surface area contributed by atoms with Crippen LogP contribution in [0.1, 0.15) is 0 Å². The summed E-state index contributed by atoms with van der Waals surface area (Å²) in [5.41, 5.74) is 5.58. The molecule has 0 aliphatic rings. The molecule has 0 bridgehead atoms. The van der Waals surface area contributed by atoms with Crippen LogP contribution in [-0.2, 0) is 4.84 Å². The number of aromatic nitrogens is 3. The largest absolute Gasteiger partial charge is 0.367 e. The molecule has 0 unspecified atom stereocenters. The van der Waals surface area contributed by atoms with Crippen molar-refractivity contribution in [1.82, 2.24) is 20.2 Å². The van der Waals surface area contributed by atoms with Crippen LogP contribution >= 0.6 is 23.2 Å². The van der Waals surface area contributed by atoms with Crippen molar-refractivity contribution in [1.29, 1.82) is 0 Å². The Bertz CT molecular complexity index is 578. The van der Waals surface area contributed by atoms with E-state index < -0.39 is 6.03 Å². The monoisotopic (exact) mass is 332 g/mol. The second-order valence-electron chi connectivity index (χ2n) is 3.60. The molecule has 0 saturated heterocycles. The first-order chi connectivity index (χ1) is 9.93. The van der Waals surface area contributed by atoms with Gasteiger partial charge in [0.25, 0.3) is 0 Å². The van der Waals surface area contributed by atoms with Crippen LogP contribution in [0, 0.1) is 0 Å². The van der Waals surface area contributed by atoms with Crippen LogP contribution in [0.2, 0.25) is 10.0 Å². The number of aromatic amines is 1. The number of amides is 2. The highest BCUT2D eigenvalue weighted by atomic mass is 35.5. The molecule has 0 atom stereocenters. The fraction of sp³-hybridized carbons (Fsp3) is 0.182. The average Bonchev–Trinajstić information content (AvgIpc) is 2.93. The summed E-state index contributed by atoms with van der Waals surface area (Å²) in [6, 6.07) is 4.42. The summed E-state index contributed by atoms with van der Waals surface area (Å²) >= 11 is 11.5. The Labute approximate surface area is 131 Å². The Morgan fingerprint density at radius 1 is 1.43 bits per heavy atom. The van der Waals surface area contributed by atoms with Crippen molar-refractivity contribution in [2.75, 3.05) is 25.2 Å². The lowest BCUT2D eigenvalue weighted by Crippen LogP contribution is -2.30. The highest BCUT2D eigenvalue weighted by molar-refractivity contribution is 6.42. The highest BCUT2D eigenvalue weighted by Gasteiger charge is 2.08. The molecule has 2 amide bonds. The average molecular weight is 333 g/mol. The van der Waals surface area contributed by atoms with Crippen molar-refractivity contribution in [2.24, 2.45) is 0 Å². The molecule has 1 heterocycles. The van der Waals surface area contributed by atoms with Crippen molar-refractivity contribution in [3.05, 3.63) is 34.6 Å². The van der Waals surface area contributed by atoms with E-state index in [0.29, 0.717) is 15.7 Å². The lowest BCUT2D eigenvalue weighted by atomic mass is 10.3. The van der Waals surface area contributed by atoms with E-state index in [1.54, 1.807) is 18.2 Å². The number of hydrogen-bond acceptors (Lipinski definition) is 5. The Kier molecular flexibility index (Phi) is 6.73. The van der Waals surface area contributed by atoms with Crippen LogP contribution in [0.15, 0.2) is 24.5 Å². The molecule has 2 aromatic rings. The number of H-pyrrole nitrogens is 1. The van der Waals surface area contributed by atoms with Crippen molar-refractivity contribution < 1.29 is 9.63 Å². The van der Waals surface area contributed by atoms with Gasteiger partial charge in [-0.25, -0.2) is 14.8 Å². The van der Waals surface area contributed by atoms with Crippen molar-refractivity contribution in [3.63, 3.8) is 0 Å². The minimum Gasteiger partial charge on any atom is -0.367 e. The predicted octanol–water partition coefficient (Wildman–Crippen LogP) is 2.41. The van der Waals surface area contributed by atoms with Crippen LogP contribution in [-0.4, -0.2) is 40.4 Å². The zero-order chi connectivity index (χ0) is 15.8. The van der Waals surface area contributed by atoms with E-state index in [9.17, 15) is 4.79 Å². The van der Waals surface area contributed by atoms with E-state index in [-0.39, 0.29) is 5.95 Å². The maximum absolute atomic E-state index is 11.4. The van der Waals surface area contributed by atoms with Gasteiger partial charge in [-0.2, -0.15) is 0 Å². The molecule has 4 N–H and O–H groups in total. The number of halogens is 2. The molecular weight excluding hydrogens is 319 g/mol. The van der Waals surface area contributed by atoms with Gasteiger partial charge in [0.05, 0.1) is 17.2 Å². The summed E-state index contributed by atoms with van der Waals surface area (Å²) in [4.78, 5) is 19.6. The van der Waals surface area contributed by atoms with Gasteiger partial charge in [-0.3, -0.25) is 9.94 Å². The number of urea groups is 1. The minimum atomic E-state index is -0.393. The Morgan fingerprint density at radius 2 is 2.14 bits per heavy atom. The zero-order valence-electron chi connectivity index (χ0n) is 11.3. The van der Waals surface area contributed by atoms with Gasteiger partial charge in [-0.15, -0.1) is 5.10 Å². The molecule has 0 aliphatic heterocycles. The van der Waals surface area contributed by atoms with Gasteiger partial charge in [0.1, 0.15) is 6.33 Å². The number of nitrogens with two attached hydrogens (primary N) is 1. The third-order valence-electron chi connectivity index (χ3n) is 2.16. The first kappa shape index (κ1) is 17.0. The molecule has 0 spiro atoms. The van der Waals surface area contributed by atoms with Crippen molar-refractivity contribution in [2.45, 2.75) is 0 Å². The van der Waals surface area contributed by atoms with Crippen LogP contribution in [0.4, 0.5) is 16.4 Å². The molecule has 0 saturated carbocycles. The van der Waals surface area contributed by atoms with Gasteiger partial charge in [0.15, 0.2) is 0 Å². The number of rotatable bonds is 2. The summed E-state index contributed by atoms with van der Waals surface area (Å²) in [6.07, 6.45) is 1.43. The number of carbonyl (C=O) groups excluding carboxylic acids is 1. The molecule has 0 aliphatic carbocycles. The fourth-order valence-electron chi connectivity index (χ4n) is 1.08. The quantitative estimate of drug-likeness (QED) is 0.731. The van der Waals surface area contributed by atoms with E-state index >= 15 is 0 Å². The van der Waals surface area contributed by atoms with E-state index in [4.69, 9.17) is 33.8 Å². The third kappa shape index (κ3) is 5.86. The van der Waals surface area contributed by atoms with Crippen molar-refractivity contribution >= 4 is 40.9 Å². The number of anilines is 2. The molecule has 0 fully saturated rings. The van der Waals surface area contributed by atoms with Gasteiger partial charge in [-0.1, -0.05) is 23.2 Å². The number of nitrogens with zero attached hydrogens (tertiary/aromatic N) is 3. The summed E-state index contributed by atoms with van der Waals surface area (Å²) in [7, 11) is 2.89. The Balaban J connectivity index is 0.000000304. The van der Waals surface area contributed by atoms with Crippen molar-refractivity contribution in [3.8, 4) is 0 Å². The maximum atomic E-state index is 11.4. The lowest BCUT2D eigenvalue weighted by molar-refractivity contribution is -0.0598. The van der Waals surface area contributed by atoms with Gasteiger partial charge >= 0.3 is 6.03 Å². The summed E-state index contributed by atoms with van der Waals surface area (Å²) in [5, 5.41) is 10.4. The summed E-state index contributed by atoms with van der Waals surface area (Å²) < 4.78 is 0. The molecule has 21 heavy (non-hydrogen) atoms. The van der Waals surface area contributed by atoms with E-state index in [1.165, 1.54) is 20.5 Å². The predicted molar refractivity (Wildman–Crippen MR) is 81.0 cm³/mol. The van der Waals surface area contributed by atoms with E-state index in [0.717, 1.165) is 5.06 Å². The second kappa shape index (κ2) is 8.30. The van der Waals surface area contributed by atoms with Gasteiger partial charge in [0, 0.05) is 12.7 Å². The molecule has 1 aromatic carbocycles. The molecule has 8 nitrogen and oxygen atoms in total. The van der Waals surface area contributed by atoms with Gasteiger partial charge < -0.3 is 11.1 Å². The SMILES string of the molecule is CON(C)C(=O)Nc1ccc(Cl)c(Cl)c1.Nc1nc[nH]n1. The first-order valence-corrected chi connectivity index (χ1v) is 6.34. The number of hydrogen-bond donors (Lipinski definition) is 3. The maximum Gasteiger partial charge on any atom is 0.345 e. The topological polar surface area (TPSA) is 109 Å². The molecule has 10 heteroatoms. The zero-order valence-corrected chi connectivity index (χ0v) is 12.8. The molecular formula is C11H14Cl2N6O2. The fourth-order valence-corrected chi connectivity index (χ4v) is 1.38. The minimum absolute atomic E-state index is 0.287. The molecule has 0 radical (unpaired) electrons. The number of nitrogens with one attached hydrogen (secondary N) is 2. The van der Waals surface area contributed by atoms with Crippen LogP contribution in [0.25, 0.3) is 0 Å². The Hall–Kier alpha value is -2.03. The lowest BCUT2D eigenvalue weighted by Gasteiger charge is -2.14. The second-order valence-corrected chi connectivity index (χ2v) is 4.41. The summed E-state index contributed by atoms with van der Waals surface area (Å²) in [5.74, 6) is 0.287. The van der Waals surface area contributed by atoms with Gasteiger partial charge in [0.2, 0.25) is 5.95 Å². The molecule has 1 aromatic heterocycles. The number of carbonyl (C=O) groups is 1. The molecule has 2 rings (SSSR count). The Morgan fingerprint density at radius 3 is 2.57 bits per heavy atom. The third-order valence-corrected chi connectivity index (χ3v) is 2.90. The van der Waals surface area contributed by atoms with Crippen LogP contribution in [0.5, 0.6) is 0 Å². The highest BCUT2D eigenvalue weighted by Crippen LogP contribution is 2.25. The van der Waals surface area contributed by atoms with Gasteiger partial charge in [-0.05, 0) is 18.2 Å². The summed E-state index contributed by atoms with van der Waals surface area (Å²) in [6.45, 7) is 0. The first-order valence-electron chi connectivity index (χ1n) is 5.59. The number of hydroxylamine groups is 2. The smallest absolute Gasteiger partial charge is 0.345 e. The normalized spacial score (nSPS) is 9.52. The standard InChI is InChI=1S/C9H10Cl2N2O2.C2H4N4/c1-13(15-2)9(14)12-6-3-4-7(10)8(11)5-6;3-2-4-1-5-6-2/h3-5H,1-2H3,(H,12,14);1H,(H3,3,4,5,6). The van der Waals surface area contributed by atoms with Crippen LogP contribution in [0.3, 0.4) is 0 Å².